The van der Waals surface area contributed by atoms with Crippen molar-refractivity contribution < 1.29 is 23.8 Å². The average molecular weight is 374 g/mol. The van der Waals surface area contributed by atoms with Crippen LogP contribution in [0.3, 0.4) is 0 Å². The van der Waals surface area contributed by atoms with E-state index in [1.165, 1.54) is 12.5 Å². The Balaban J connectivity index is 1.79. The third-order valence-corrected chi connectivity index (χ3v) is 6.07. The van der Waals surface area contributed by atoms with Gasteiger partial charge in [-0.15, -0.1) is 0 Å². The first kappa shape index (κ1) is 19.9. The van der Waals surface area contributed by atoms with E-state index in [-0.39, 0.29) is 41.8 Å². The fraction of sp³-hybridized carbons (Fsp3) is 0.636. The van der Waals surface area contributed by atoms with Crippen LogP contribution in [0.15, 0.2) is 36.0 Å². The van der Waals surface area contributed by atoms with Crippen LogP contribution < -0.4 is 0 Å². The summed E-state index contributed by atoms with van der Waals surface area (Å²) in [7, 11) is 0. The lowest BCUT2D eigenvalue weighted by Gasteiger charge is -2.22. The zero-order chi connectivity index (χ0) is 19.8. The predicted molar refractivity (Wildman–Crippen MR) is 102 cm³/mol. The number of ether oxygens (including phenoxy) is 3. The first-order valence-electron chi connectivity index (χ1n) is 9.77. The highest BCUT2D eigenvalue weighted by Crippen LogP contribution is 2.48. The van der Waals surface area contributed by atoms with Gasteiger partial charge in [-0.25, -0.2) is 4.79 Å². The summed E-state index contributed by atoms with van der Waals surface area (Å²) in [6, 6.07) is 0. The number of esters is 2. The number of carbonyl (C=O) groups excluding carboxylic acids is 2. The fourth-order valence-corrected chi connectivity index (χ4v) is 4.22. The number of allylic oxidation sites excluding steroid dienone is 1. The Morgan fingerprint density at radius 1 is 1.37 bits per heavy atom. The summed E-state index contributed by atoms with van der Waals surface area (Å²) in [5.74, 6) is -0.573. The van der Waals surface area contributed by atoms with E-state index < -0.39 is 0 Å². The van der Waals surface area contributed by atoms with Gasteiger partial charge in [-0.1, -0.05) is 24.8 Å². The van der Waals surface area contributed by atoms with Crippen molar-refractivity contribution in [2.75, 3.05) is 0 Å². The summed E-state index contributed by atoms with van der Waals surface area (Å²) in [6.07, 6.45) is 6.29. The smallest absolute Gasteiger partial charge is 0.334 e. The SMILES string of the molecule is C=C1CCC=C(C)CC2OC(=O)C(=C)C2CC2OC2(C)CCC1OC(C)=O. The van der Waals surface area contributed by atoms with Crippen molar-refractivity contribution in [3.63, 3.8) is 0 Å². The quantitative estimate of drug-likeness (QED) is 0.300. The van der Waals surface area contributed by atoms with Crippen LogP contribution >= 0.6 is 0 Å². The first-order valence-corrected chi connectivity index (χ1v) is 9.77. The topological polar surface area (TPSA) is 65.1 Å². The maximum absolute atomic E-state index is 12.0. The standard InChI is InChI=1S/C22H30O5/c1-13-7-6-8-14(2)18(25-16(4)23)9-10-22(5)20(27-22)12-17-15(3)21(24)26-19(17)11-13/h7,17-20H,2-3,6,8-12H2,1,4-5H3. The molecule has 5 atom stereocenters. The molecule has 0 aromatic heterocycles. The molecule has 0 bridgehead atoms. The third-order valence-electron chi connectivity index (χ3n) is 6.07. The second-order valence-corrected chi connectivity index (χ2v) is 8.32. The molecule has 2 fully saturated rings. The summed E-state index contributed by atoms with van der Waals surface area (Å²) in [4.78, 5) is 23.5. The number of carbonyl (C=O) groups is 2. The summed E-state index contributed by atoms with van der Waals surface area (Å²) in [5, 5.41) is 0. The van der Waals surface area contributed by atoms with Crippen molar-refractivity contribution in [3.8, 4) is 0 Å². The molecule has 0 saturated carbocycles. The molecule has 1 aliphatic carbocycles. The molecule has 0 amide bonds. The van der Waals surface area contributed by atoms with Crippen LogP contribution in [0.5, 0.6) is 0 Å². The van der Waals surface area contributed by atoms with Crippen LogP contribution in [0.2, 0.25) is 0 Å². The second kappa shape index (κ2) is 7.63. The van der Waals surface area contributed by atoms with Gasteiger partial charge in [0.05, 0.1) is 11.7 Å². The lowest BCUT2D eigenvalue weighted by molar-refractivity contribution is -0.145. The molecule has 2 saturated heterocycles. The van der Waals surface area contributed by atoms with Gasteiger partial charge in [-0.05, 0) is 51.5 Å². The number of hydrogen-bond acceptors (Lipinski definition) is 5. The van der Waals surface area contributed by atoms with Gasteiger partial charge >= 0.3 is 11.9 Å². The summed E-state index contributed by atoms with van der Waals surface area (Å²) in [5.41, 5.74) is 2.42. The number of fused-ring (bicyclic) bond motifs is 2. The van der Waals surface area contributed by atoms with Crippen LogP contribution in [0.25, 0.3) is 0 Å². The fourth-order valence-electron chi connectivity index (χ4n) is 4.22. The average Bonchev–Trinajstić information content (AvgIpc) is 3.15. The minimum absolute atomic E-state index is 0.00477. The molecule has 5 unspecified atom stereocenters. The van der Waals surface area contributed by atoms with Crippen LogP contribution in [0.1, 0.15) is 59.3 Å². The molecule has 3 aliphatic rings. The maximum atomic E-state index is 12.0. The summed E-state index contributed by atoms with van der Waals surface area (Å²) < 4.78 is 17.1. The van der Waals surface area contributed by atoms with Gasteiger partial charge < -0.3 is 14.2 Å². The van der Waals surface area contributed by atoms with Crippen molar-refractivity contribution >= 4 is 11.9 Å². The van der Waals surface area contributed by atoms with Gasteiger partial charge in [0.1, 0.15) is 12.2 Å². The van der Waals surface area contributed by atoms with E-state index in [1.54, 1.807) is 0 Å². The molecule has 2 aliphatic heterocycles. The van der Waals surface area contributed by atoms with E-state index in [0.717, 1.165) is 31.3 Å². The zero-order valence-electron chi connectivity index (χ0n) is 16.6. The molecule has 5 heteroatoms. The summed E-state index contributed by atoms with van der Waals surface area (Å²) >= 11 is 0. The van der Waals surface area contributed by atoms with E-state index in [1.807, 2.05) is 0 Å². The first-order chi connectivity index (χ1) is 12.7. The summed E-state index contributed by atoms with van der Waals surface area (Å²) in [6.45, 7) is 13.7. The van der Waals surface area contributed by atoms with Crippen molar-refractivity contribution in [1.29, 1.82) is 0 Å². The van der Waals surface area contributed by atoms with E-state index in [4.69, 9.17) is 14.2 Å². The highest BCUT2D eigenvalue weighted by molar-refractivity contribution is 5.90. The lowest BCUT2D eigenvalue weighted by atomic mass is 9.84. The monoisotopic (exact) mass is 374 g/mol. The predicted octanol–water partition coefficient (Wildman–Crippen LogP) is 4.03. The Bertz CT molecular complexity index is 691. The molecule has 3 rings (SSSR count). The molecule has 2 heterocycles. The lowest BCUT2D eigenvalue weighted by Crippen LogP contribution is -2.24. The normalized spacial score (nSPS) is 37.4. The van der Waals surface area contributed by atoms with Gasteiger partial charge in [0.15, 0.2) is 0 Å². The molecule has 0 N–H and O–H groups in total. The highest BCUT2D eigenvalue weighted by Gasteiger charge is 2.55. The van der Waals surface area contributed by atoms with E-state index in [0.29, 0.717) is 18.4 Å². The molecule has 27 heavy (non-hydrogen) atoms. The number of hydrogen-bond donors (Lipinski definition) is 0. The molecule has 5 nitrogen and oxygen atoms in total. The largest absolute Gasteiger partial charge is 0.458 e. The van der Waals surface area contributed by atoms with Crippen molar-refractivity contribution in [2.24, 2.45) is 5.92 Å². The van der Waals surface area contributed by atoms with Gasteiger partial charge in [0.2, 0.25) is 0 Å². The third kappa shape index (κ3) is 4.52. The Kier molecular flexibility index (Phi) is 5.61. The Morgan fingerprint density at radius 3 is 2.81 bits per heavy atom. The Labute approximate surface area is 161 Å². The molecule has 0 spiro atoms. The van der Waals surface area contributed by atoms with E-state index in [2.05, 4.69) is 33.1 Å². The molecule has 0 aromatic carbocycles. The van der Waals surface area contributed by atoms with E-state index in [9.17, 15) is 9.59 Å². The van der Waals surface area contributed by atoms with Gasteiger partial charge in [-0.2, -0.15) is 0 Å². The van der Waals surface area contributed by atoms with Gasteiger partial charge in [0.25, 0.3) is 0 Å². The maximum Gasteiger partial charge on any atom is 0.334 e. The van der Waals surface area contributed by atoms with Crippen LogP contribution in [-0.2, 0) is 23.8 Å². The molecule has 148 valence electrons. The minimum atomic E-state index is -0.284. The molecular formula is C22H30O5. The van der Waals surface area contributed by atoms with Crippen LogP contribution in [-0.4, -0.2) is 35.9 Å². The van der Waals surface area contributed by atoms with Crippen molar-refractivity contribution in [3.05, 3.63) is 36.0 Å². The van der Waals surface area contributed by atoms with Crippen molar-refractivity contribution in [2.45, 2.75) is 83.2 Å². The highest BCUT2D eigenvalue weighted by atomic mass is 16.6. The second-order valence-electron chi connectivity index (χ2n) is 8.32. The van der Waals surface area contributed by atoms with Crippen molar-refractivity contribution in [1.82, 2.24) is 0 Å². The number of epoxide rings is 1. The van der Waals surface area contributed by atoms with Crippen LogP contribution in [0, 0.1) is 5.92 Å². The minimum Gasteiger partial charge on any atom is -0.458 e. The van der Waals surface area contributed by atoms with Gasteiger partial charge in [-0.3, -0.25) is 4.79 Å². The Hall–Kier alpha value is -1.88. The molecule has 0 radical (unpaired) electrons. The Morgan fingerprint density at radius 2 is 2.11 bits per heavy atom. The van der Waals surface area contributed by atoms with Gasteiger partial charge in [0, 0.05) is 24.8 Å². The zero-order valence-corrected chi connectivity index (χ0v) is 16.6. The molecule has 0 aromatic rings. The number of rotatable bonds is 1. The van der Waals surface area contributed by atoms with E-state index >= 15 is 0 Å². The molecular weight excluding hydrogens is 344 g/mol. The van der Waals surface area contributed by atoms with Crippen LogP contribution in [0.4, 0.5) is 0 Å².